The number of pyridine rings is 1. The number of anilines is 2. The lowest BCUT2D eigenvalue weighted by Crippen LogP contribution is -2.32. The highest BCUT2D eigenvalue weighted by Gasteiger charge is 2.38. The minimum absolute atomic E-state index is 0.167. The van der Waals surface area contributed by atoms with Crippen molar-refractivity contribution in [1.82, 2.24) is 14.9 Å². The van der Waals surface area contributed by atoms with Gasteiger partial charge in [-0.3, -0.25) is 9.69 Å². The predicted octanol–water partition coefficient (Wildman–Crippen LogP) is 5.36. The van der Waals surface area contributed by atoms with E-state index in [2.05, 4.69) is 33.2 Å². The molecule has 0 radical (unpaired) electrons. The summed E-state index contributed by atoms with van der Waals surface area (Å²) in [5, 5.41) is 21.1. The Morgan fingerprint density at radius 2 is 1.88 bits per heavy atom. The number of rotatable bonds is 8. The molecular weight excluding hydrogens is 570 g/mol. The number of aromatic nitrogens is 2. The van der Waals surface area contributed by atoms with Crippen LogP contribution in [0.3, 0.4) is 0 Å². The molecule has 13 heteroatoms. The van der Waals surface area contributed by atoms with Crippen molar-refractivity contribution in [2.75, 3.05) is 18.5 Å². The molecule has 0 unspecified atom stereocenters. The van der Waals surface area contributed by atoms with Crippen molar-refractivity contribution in [2.24, 2.45) is 5.73 Å². The van der Waals surface area contributed by atoms with Gasteiger partial charge in [-0.25, -0.2) is 14.2 Å². The molecule has 2 aromatic carbocycles. The summed E-state index contributed by atoms with van der Waals surface area (Å²) in [7, 11) is 0. The smallest absolute Gasteiger partial charge is 0.475 e. The molecule has 5 rings (SSSR count). The van der Waals surface area contributed by atoms with E-state index in [9.17, 15) is 27.5 Å². The van der Waals surface area contributed by atoms with E-state index in [0.717, 1.165) is 60.2 Å². The number of nitrogens with one attached hydrogen (secondary N) is 2. The molecular formula is C30H31F4N5O4. The zero-order valence-corrected chi connectivity index (χ0v) is 23.2. The molecule has 9 nitrogen and oxygen atoms in total. The molecule has 0 saturated carbocycles. The number of carboxylic acids is 1. The first-order valence-electron chi connectivity index (χ1n) is 13.5. The number of alkyl halides is 3. The highest BCUT2D eigenvalue weighted by Crippen LogP contribution is 2.35. The van der Waals surface area contributed by atoms with Crippen LogP contribution < -0.4 is 11.1 Å². The van der Waals surface area contributed by atoms with Crippen molar-refractivity contribution in [3.63, 3.8) is 0 Å². The van der Waals surface area contributed by atoms with Crippen LogP contribution in [-0.2, 0) is 17.8 Å². The molecule has 6 N–H and O–H groups in total. The molecule has 4 aromatic rings. The van der Waals surface area contributed by atoms with Crippen LogP contribution in [0.2, 0.25) is 0 Å². The third kappa shape index (κ3) is 7.30. The first-order valence-corrected chi connectivity index (χ1v) is 13.5. The molecule has 1 aliphatic rings. The van der Waals surface area contributed by atoms with Gasteiger partial charge in [-0.05, 0) is 78.9 Å². The standard InChI is InChI=1S/C28H30FN5O2.C2HF3O2/c1-2-21-18(15-34-12-4-6-20(34)16-35)5-3-7-24(21)32-26-22-13-25(17-8-10-19(29)11-9-17)33-28(22)31-14-23(26)27(30)36;3-2(4,5)1(6)7/h3,5,7-11,13-14,20,35H,2,4,6,12,15-16H2,1H3,(H2,30,36)(H2,31,32,33);(H,6,7)/t20-;/m1./s1. The second-order valence-corrected chi connectivity index (χ2v) is 10.0. The molecule has 2 aromatic heterocycles. The van der Waals surface area contributed by atoms with Crippen molar-refractivity contribution in [2.45, 2.75) is 44.9 Å². The Labute approximate surface area is 244 Å². The summed E-state index contributed by atoms with van der Waals surface area (Å²) in [4.78, 5) is 31.3. The molecule has 1 aliphatic heterocycles. The van der Waals surface area contributed by atoms with Crippen molar-refractivity contribution >= 4 is 34.3 Å². The second kappa shape index (κ2) is 13.2. The molecule has 0 aliphatic carbocycles. The fraction of sp³-hybridized carbons (Fsp3) is 0.300. The number of halogens is 4. The third-order valence-corrected chi connectivity index (χ3v) is 7.29. The number of benzene rings is 2. The second-order valence-electron chi connectivity index (χ2n) is 10.0. The minimum Gasteiger partial charge on any atom is -0.475 e. The summed E-state index contributed by atoms with van der Waals surface area (Å²) in [5.74, 6) is -3.64. The van der Waals surface area contributed by atoms with E-state index in [1.807, 2.05) is 18.2 Å². The lowest BCUT2D eigenvalue weighted by atomic mass is 10.0. The van der Waals surface area contributed by atoms with E-state index in [1.54, 1.807) is 12.1 Å². The summed E-state index contributed by atoms with van der Waals surface area (Å²) < 4.78 is 45.2. The van der Waals surface area contributed by atoms with Gasteiger partial charge in [0.2, 0.25) is 0 Å². The Morgan fingerprint density at radius 3 is 2.49 bits per heavy atom. The molecule has 43 heavy (non-hydrogen) atoms. The molecule has 0 bridgehead atoms. The zero-order valence-electron chi connectivity index (χ0n) is 23.2. The maximum absolute atomic E-state index is 13.4. The molecule has 1 saturated heterocycles. The maximum atomic E-state index is 13.4. The summed E-state index contributed by atoms with van der Waals surface area (Å²) in [6, 6.07) is 14.4. The Morgan fingerprint density at radius 1 is 1.19 bits per heavy atom. The van der Waals surface area contributed by atoms with Crippen LogP contribution in [0.25, 0.3) is 22.3 Å². The highest BCUT2D eigenvalue weighted by atomic mass is 19.4. The van der Waals surface area contributed by atoms with Crippen LogP contribution in [0.1, 0.15) is 41.3 Å². The summed E-state index contributed by atoms with van der Waals surface area (Å²) in [6.07, 6.45) is -0.712. The van der Waals surface area contributed by atoms with Gasteiger partial charge in [0.05, 0.1) is 17.9 Å². The quantitative estimate of drug-likeness (QED) is 0.171. The molecule has 3 heterocycles. The SMILES string of the molecule is CCc1c(CN2CCC[C@@H]2CO)cccc1Nc1c(C(N)=O)cnc2[nH]c(-c3ccc(F)cc3)cc12.O=C(O)C(F)(F)F. The first-order chi connectivity index (χ1) is 20.4. The van der Waals surface area contributed by atoms with Gasteiger partial charge in [-0.15, -0.1) is 0 Å². The number of carbonyl (C=O) groups is 2. The van der Waals surface area contributed by atoms with Crippen LogP contribution >= 0.6 is 0 Å². The Balaban J connectivity index is 0.000000541. The van der Waals surface area contributed by atoms with Crippen molar-refractivity contribution < 1.29 is 37.4 Å². The number of aromatic amines is 1. The number of carboxylic acid groups (broad SMARTS) is 1. The number of nitrogens with zero attached hydrogens (tertiary/aromatic N) is 2. The fourth-order valence-corrected chi connectivity index (χ4v) is 5.16. The summed E-state index contributed by atoms with van der Waals surface area (Å²) >= 11 is 0. The van der Waals surface area contributed by atoms with E-state index < -0.39 is 18.1 Å². The van der Waals surface area contributed by atoms with E-state index >= 15 is 0 Å². The highest BCUT2D eigenvalue weighted by molar-refractivity contribution is 6.08. The van der Waals surface area contributed by atoms with E-state index in [4.69, 9.17) is 15.6 Å². The van der Waals surface area contributed by atoms with Crippen LogP contribution in [0.15, 0.2) is 54.7 Å². The predicted molar refractivity (Wildman–Crippen MR) is 153 cm³/mol. The normalized spacial score (nSPS) is 15.3. The zero-order chi connectivity index (χ0) is 31.3. The lowest BCUT2D eigenvalue weighted by Gasteiger charge is -2.25. The Bertz CT molecular complexity index is 1600. The van der Waals surface area contributed by atoms with E-state index in [0.29, 0.717) is 16.9 Å². The summed E-state index contributed by atoms with van der Waals surface area (Å²) in [6.45, 7) is 4.01. The van der Waals surface area contributed by atoms with Gasteiger partial charge >= 0.3 is 12.1 Å². The monoisotopic (exact) mass is 601 g/mol. The maximum Gasteiger partial charge on any atom is 0.490 e. The van der Waals surface area contributed by atoms with Crippen molar-refractivity contribution in [1.29, 1.82) is 0 Å². The largest absolute Gasteiger partial charge is 0.490 e. The molecule has 1 fully saturated rings. The van der Waals surface area contributed by atoms with Gasteiger partial charge in [0.15, 0.2) is 0 Å². The number of primary amides is 1. The molecule has 0 spiro atoms. The number of hydrogen-bond donors (Lipinski definition) is 5. The number of aliphatic carboxylic acids is 1. The van der Waals surface area contributed by atoms with Crippen molar-refractivity contribution in [3.8, 4) is 11.3 Å². The third-order valence-electron chi connectivity index (χ3n) is 7.29. The van der Waals surface area contributed by atoms with Crippen LogP contribution in [0.5, 0.6) is 0 Å². The van der Waals surface area contributed by atoms with E-state index in [-0.39, 0.29) is 18.5 Å². The number of hydrogen-bond acceptors (Lipinski definition) is 6. The topological polar surface area (TPSA) is 145 Å². The van der Waals surface area contributed by atoms with Crippen molar-refractivity contribution in [3.05, 3.63) is 77.2 Å². The molecule has 1 amide bonds. The number of fused-ring (bicyclic) bond motifs is 1. The Hall–Kier alpha value is -4.49. The Kier molecular flexibility index (Phi) is 9.66. The minimum atomic E-state index is -5.08. The average molecular weight is 602 g/mol. The number of aliphatic hydroxyl groups is 1. The fourth-order valence-electron chi connectivity index (χ4n) is 5.16. The number of nitrogens with two attached hydrogens (primary N) is 1. The van der Waals surface area contributed by atoms with Crippen LogP contribution in [0.4, 0.5) is 28.9 Å². The van der Waals surface area contributed by atoms with Gasteiger partial charge in [0.1, 0.15) is 11.5 Å². The molecule has 228 valence electrons. The van der Waals surface area contributed by atoms with Gasteiger partial charge in [0.25, 0.3) is 5.91 Å². The number of aliphatic hydroxyl groups excluding tert-OH is 1. The number of carbonyl (C=O) groups excluding carboxylic acids is 1. The number of H-pyrrole nitrogens is 1. The van der Waals surface area contributed by atoms with Gasteiger partial charge in [0, 0.05) is 35.6 Å². The lowest BCUT2D eigenvalue weighted by molar-refractivity contribution is -0.192. The number of likely N-dealkylation sites (tertiary alicyclic amines) is 1. The molecule has 1 atom stereocenters. The van der Waals surface area contributed by atoms with Gasteiger partial charge in [-0.2, -0.15) is 13.2 Å². The van der Waals surface area contributed by atoms with Gasteiger partial charge < -0.3 is 26.2 Å². The number of amides is 1. The van der Waals surface area contributed by atoms with Crippen LogP contribution in [-0.4, -0.2) is 62.3 Å². The van der Waals surface area contributed by atoms with Crippen LogP contribution in [0, 0.1) is 5.82 Å². The van der Waals surface area contributed by atoms with E-state index in [1.165, 1.54) is 23.9 Å². The van der Waals surface area contributed by atoms with Gasteiger partial charge in [-0.1, -0.05) is 19.1 Å². The first kappa shape index (κ1) is 31.4. The summed E-state index contributed by atoms with van der Waals surface area (Å²) in [5.41, 5.74) is 12.0. The average Bonchev–Trinajstić information content (AvgIpc) is 3.60.